The largest absolute Gasteiger partial charge is 0.355 e. The fourth-order valence-electron chi connectivity index (χ4n) is 2.24. The number of rotatable bonds is 8. The minimum atomic E-state index is -0.0546. The lowest BCUT2D eigenvalue weighted by atomic mass is 10.0. The van der Waals surface area contributed by atoms with E-state index in [1.54, 1.807) is 6.20 Å². The van der Waals surface area contributed by atoms with Gasteiger partial charge >= 0.3 is 0 Å². The van der Waals surface area contributed by atoms with Crippen molar-refractivity contribution in [1.82, 2.24) is 15.2 Å². The molecule has 0 saturated heterocycles. The van der Waals surface area contributed by atoms with Crippen molar-refractivity contribution >= 4 is 5.91 Å². The second kappa shape index (κ2) is 8.74. The minimum absolute atomic E-state index is 0.0236. The summed E-state index contributed by atoms with van der Waals surface area (Å²) >= 11 is 0. The summed E-state index contributed by atoms with van der Waals surface area (Å²) in [6.07, 6.45) is 2.59. The lowest BCUT2D eigenvalue weighted by Gasteiger charge is -2.31. The lowest BCUT2D eigenvalue weighted by molar-refractivity contribution is -0.122. The lowest BCUT2D eigenvalue weighted by Crippen LogP contribution is -2.44. The molecule has 0 radical (unpaired) electrons. The molecule has 1 aromatic heterocycles. The zero-order valence-electron chi connectivity index (χ0n) is 13.5. The summed E-state index contributed by atoms with van der Waals surface area (Å²) in [7, 11) is 1.92. The molecule has 0 aliphatic heterocycles. The van der Waals surface area contributed by atoms with Gasteiger partial charge in [-0.1, -0.05) is 26.8 Å². The highest BCUT2D eigenvalue weighted by molar-refractivity contribution is 5.78. The molecule has 1 rings (SSSR count). The Balaban J connectivity index is 2.73. The molecule has 5 nitrogen and oxygen atoms in total. The SMILES string of the molecule is CCC(N)C(c1ccccn1)N(C)CC(=O)NCC(C)C. The van der Waals surface area contributed by atoms with Crippen molar-refractivity contribution in [2.45, 2.75) is 39.3 Å². The van der Waals surface area contributed by atoms with Gasteiger partial charge in [-0.15, -0.1) is 0 Å². The fourth-order valence-corrected chi connectivity index (χ4v) is 2.24. The molecule has 1 amide bonds. The maximum Gasteiger partial charge on any atom is 0.234 e. The van der Waals surface area contributed by atoms with Gasteiger partial charge in [0.1, 0.15) is 0 Å². The zero-order valence-corrected chi connectivity index (χ0v) is 13.5. The maximum atomic E-state index is 12.0. The Morgan fingerprint density at radius 2 is 2.14 bits per heavy atom. The summed E-state index contributed by atoms with van der Waals surface area (Å²) in [5.41, 5.74) is 7.14. The van der Waals surface area contributed by atoms with Crippen molar-refractivity contribution in [3.8, 4) is 0 Å². The highest BCUT2D eigenvalue weighted by atomic mass is 16.2. The third kappa shape index (κ3) is 5.81. The summed E-state index contributed by atoms with van der Waals surface area (Å²) in [5, 5.41) is 2.93. The van der Waals surface area contributed by atoms with Crippen LogP contribution in [-0.4, -0.2) is 42.0 Å². The number of pyridine rings is 1. The van der Waals surface area contributed by atoms with E-state index in [2.05, 4.69) is 24.1 Å². The van der Waals surface area contributed by atoms with E-state index in [1.165, 1.54) is 0 Å². The van der Waals surface area contributed by atoms with Crippen molar-refractivity contribution in [2.24, 2.45) is 11.7 Å². The molecule has 118 valence electrons. The Morgan fingerprint density at radius 1 is 1.43 bits per heavy atom. The number of nitrogens with two attached hydrogens (primary N) is 1. The quantitative estimate of drug-likeness (QED) is 0.763. The fraction of sp³-hybridized carbons (Fsp3) is 0.625. The first-order valence-corrected chi connectivity index (χ1v) is 7.59. The van der Waals surface area contributed by atoms with Gasteiger partial charge in [0.05, 0.1) is 18.3 Å². The molecule has 21 heavy (non-hydrogen) atoms. The Hall–Kier alpha value is -1.46. The topological polar surface area (TPSA) is 71.2 Å². The highest BCUT2D eigenvalue weighted by Crippen LogP contribution is 2.21. The van der Waals surface area contributed by atoms with E-state index in [9.17, 15) is 4.79 Å². The number of likely N-dealkylation sites (N-methyl/N-ethyl adjacent to an activating group) is 1. The second-order valence-corrected chi connectivity index (χ2v) is 5.88. The van der Waals surface area contributed by atoms with E-state index in [0.29, 0.717) is 19.0 Å². The van der Waals surface area contributed by atoms with Crippen molar-refractivity contribution in [1.29, 1.82) is 0 Å². The molecule has 0 saturated carbocycles. The smallest absolute Gasteiger partial charge is 0.234 e. The number of hydrogen-bond donors (Lipinski definition) is 2. The number of hydrogen-bond acceptors (Lipinski definition) is 4. The number of aromatic nitrogens is 1. The van der Waals surface area contributed by atoms with Crippen molar-refractivity contribution < 1.29 is 4.79 Å². The normalized spacial score (nSPS) is 14.2. The summed E-state index contributed by atoms with van der Waals surface area (Å²) in [6.45, 7) is 7.22. The average molecular weight is 292 g/mol. The van der Waals surface area contributed by atoms with E-state index in [-0.39, 0.29) is 18.0 Å². The summed E-state index contributed by atoms with van der Waals surface area (Å²) in [6, 6.07) is 5.68. The van der Waals surface area contributed by atoms with Crippen LogP contribution in [0.15, 0.2) is 24.4 Å². The third-order valence-corrected chi connectivity index (χ3v) is 3.44. The molecular formula is C16H28N4O. The molecule has 3 N–H and O–H groups in total. The molecule has 0 aliphatic rings. The summed E-state index contributed by atoms with van der Waals surface area (Å²) < 4.78 is 0. The predicted octanol–water partition coefficient (Wildman–Crippen LogP) is 1.56. The monoisotopic (exact) mass is 292 g/mol. The minimum Gasteiger partial charge on any atom is -0.355 e. The number of amides is 1. The molecule has 2 unspecified atom stereocenters. The molecular weight excluding hydrogens is 264 g/mol. The Labute approximate surface area is 127 Å². The van der Waals surface area contributed by atoms with Gasteiger partial charge in [-0.2, -0.15) is 0 Å². The van der Waals surface area contributed by atoms with Crippen molar-refractivity contribution in [3.63, 3.8) is 0 Å². The second-order valence-electron chi connectivity index (χ2n) is 5.88. The van der Waals surface area contributed by atoms with E-state index in [0.717, 1.165) is 12.1 Å². The molecule has 0 fully saturated rings. The van der Waals surface area contributed by atoms with Crippen LogP contribution in [0.3, 0.4) is 0 Å². The van der Waals surface area contributed by atoms with Gasteiger partial charge in [0, 0.05) is 18.8 Å². The van der Waals surface area contributed by atoms with Gasteiger partial charge in [0.15, 0.2) is 0 Å². The number of nitrogens with zero attached hydrogens (tertiary/aromatic N) is 2. The van der Waals surface area contributed by atoms with Crippen LogP contribution in [0.2, 0.25) is 0 Å². The Bertz CT molecular complexity index is 422. The van der Waals surface area contributed by atoms with Gasteiger partial charge in [-0.3, -0.25) is 14.7 Å². The highest BCUT2D eigenvalue weighted by Gasteiger charge is 2.25. The number of nitrogens with one attached hydrogen (secondary N) is 1. The molecule has 0 spiro atoms. The van der Waals surface area contributed by atoms with Crippen LogP contribution in [0.5, 0.6) is 0 Å². The van der Waals surface area contributed by atoms with Crippen molar-refractivity contribution in [3.05, 3.63) is 30.1 Å². The predicted molar refractivity (Wildman–Crippen MR) is 85.7 cm³/mol. The van der Waals surface area contributed by atoms with Crippen molar-refractivity contribution in [2.75, 3.05) is 20.1 Å². The first-order chi connectivity index (χ1) is 9.95. The van der Waals surface area contributed by atoms with Gasteiger partial charge in [0.2, 0.25) is 5.91 Å². The van der Waals surface area contributed by atoms with E-state index < -0.39 is 0 Å². The van der Waals surface area contributed by atoms with Crippen LogP contribution in [-0.2, 0) is 4.79 Å². The first-order valence-electron chi connectivity index (χ1n) is 7.59. The van der Waals surface area contributed by atoms with E-state index in [4.69, 9.17) is 5.73 Å². The number of carbonyl (C=O) groups excluding carboxylic acids is 1. The zero-order chi connectivity index (χ0) is 15.8. The Morgan fingerprint density at radius 3 is 2.67 bits per heavy atom. The van der Waals surface area contributed by atoms with E-state index in [1.807, 2.05) is 37.1 Å². The van der Waals surface area contributed by atoms with Gasteiger partial charge < -0.3 is 11.1 Å². The van der Waals surface area contributed by atoms with Crippen LogP contribution < -0.4 is 11.1 Å². The number of carbonyl (C=O) groups is 1. The van der Waals surface area contributed by atoms with Crippen LogP contribution in [0, 0.1) is 5.92 Å². The van der Waals surface area contributed by atoms with Crippen LogP contribution in [0.4, 0.5) is 0 Å². The van der Waals surface area contributed by atoms with Gasteiger partial charge in [-0.25, -0.2) is 0 Å². The third-order valence-electron chi connectivity index (χ3n) is 3.44. The van der Waals surface area contributed by atoms with Crippen LogP contribution in [0.1, 0.15) is 38.9 Å². The Kier molecular flexibility index (Phi) is 7.32. The first kappa shape index (κ1) is 17.6. The van der Waals surface area contributed by atoms with Crippen LogP contribution >= 0.6 is 0 Å². The summed E-state index contributed by atoms with van der Waals surface area (Å²) in [5.74, 6) is 0.471. The molecule has 1 heterocycles. The molecule has 5 heteroatoms. The standard InChI is InChI=1S/C16H28N4O/c1-5-13(17)16(14-8-6-7-9-18-14)20(4)11-15(21)19-10-12(2)3/h6-9,12-13,16H,5,10-11,17H2,1-4H3,(H,19,21). The summed E-state index contributed by atoms with van der Waals surface area (Å²) in [4.78, 5) is 18.4. The molecule has 1 aromatic rings. The van der Waals surface area contributed by atoms with Gasteiger partial charge in [-0.05, 0) is 31.5 Å². The average Bonchev–Trinajstić information content (AvgIpc) is 2.46. The van der Waals surface area contributed by atoms with Crippen LogP contribution in [0.25, 0.3) is 0 Å². The molecule has 2 atom stereocenters. The molecule has 0 aromatic carbocycles. The van der Waals surface area contributed by atoms with E-state index >= 15 is 0 Å². The van der Waals surface area contributed by atoms with Gasteiger partial charge in [0.25, 0.3) is 0 Å². The molecule has 0 aliphatic carbocycles. The maximum absolute atomic E-state index is 12.0. The molecule has 0 bridgehead atoms.